The maximum absolute atomic E-state index is 12.4. The maximum atomic E-state index is 12.4. The van der Waals surface area contributed by atoms with E-state index in [1.165, 1.54) is 11.1 Å². The zero-order valence-corrected chi connectivity index (χ0v) is 16.5. The van der Waals surface area contributed by atoms with Gasteiger partial charge in [0.15, 0.2) is 0 Å². The van der Waals surface area contributed by atoms with Crippen LogP contribution in [0.15, 0.2) is 89.3 Å². The van der Waals surface area contributed by atoms with Gasteiger partial charge in [-0.1, -0.05) is 43.0 Å². The van der Waals surface area contributed by atoms with Crippen LogP contribution in [0.25, 0.3) is 11.0 Å². The number of allylic oxidation sites excluding steroid dienone is 5. The number of fused-ring (bicyclic) bond motifs is 1. The molecule has 1 aromatic heterocycles. The van der Waals surface area contributed by atoms with Gasteiger partial charge in [0.2, 0.25) is 0 Å². The van der Waals surface area contributed by atoms with Crippen molar-refractivity contribution >= 4 is 22.4 Å². The average molecular weight is 374 g/mol. The Labute approximate surface area is 165 Å². The predicted octanol–water partition coefficient (Wildman–Crippen LogP) is 5.93. The first-order valence-electron chi connectivity index (χ1n) is 9.62. The summed E-state index contributed by atoms with van der Waals surface area (Å²) in [7, 11) is 0. The Kier molecular flexibility index (Phi) is 6.33. The van der Waals surface area contributed by atoms with Gasteiger partial charge in [-0.2, -0.15) is 0 Å². The molecule has 0 spiro atoms. The molecule has 28 heavy (non-hydrogen) atoms. The lowest BCUT2D eigenvalue weighted by Crippen LogP contribution is -2.16. The highest BCUT2D eigenvalue weighted by molar-refractivity contribution is 5.80. The van der Waals surface area contributed by atoms with Crippen molar-refractivity contribution < 1.29 is 0 Å². The zero-order chi connectivity index (χ0) is 19.9. The summed E-state index contributed by atoms with van der Waals surface area (Å²) in [6.45, 7) is 8.59. The van der Waals surface area contributed by atoms with Crippen LogP contribution in [0.5, 0.6) is 0 Å². The van der Waals surface area contributed by atoms with Gasteiger partial charge in [0, 0.05) is 17.9 Å². The first-order chi connectivity index (χ1) is 13.6. The fraction of sp³-hybridized carbons (Fsp3) is 0.208. The van der Waals surface area contributed by atoms with E-state index in [2.05, 4.69) is 36.8 Å². The van der Waals surface area contributed by atoms with Crippen LogP contribution in [0.1, 0.15) is 26.7 Å². The third-order valence-corrected chi connectivity index (χ3v) is 4.89. The summed E-state index contributed by atoms with van der Waals surface area (Å²) in [5.74, 6) is 0. The summed E-state index contributed by atoms with van der Waals surface area (Å²) in [6.07, 6.45) is 7.80. The number of benzene rings is 2. The number of aryl methyl sites for hydroxylation is 1. The molecule has 0 aliphatic carbocycles. The molecule has 0 atom stereocenters. The summed E-state index contributed by atoms with van der Waals surface area (Å²) in [6, 6.07) is 16.0. The van der Waals surface area contributed by atoms with E-state index in [0.717, 1.165) is 35.2 Å². The second-order valence-electron chi connectivity index (χ2n) is 6.81. The second-order valence-corrected chi connectivity index (χ2v) is 6.81. The molecule has 0 radical (unpaired) electrons. The lowest BCUT2D eigenvalue weighted by atomic mass is 10.0. The van der Waals surface area contributed by atoms with Gasteiger partial charge in [0.25, 0.3) is 0 Å². The van der Waals surface area contributed by atoms with Crippen LogP contribution in [0.4, 0.5) is 11.4 Å². The van der Waals surface area contributed by atoms with Crippen LogP contribution >= 0.6 is 0 Å². The van der Waals surface area contributed by atoms with Crippen molar-refractivity contribution in [3.05, 3.63) is 95.0 Å². The molecule has 0 fully saturated rings. The monoisotopic (exact) mass is 373 g/mol. The molecule has 4 nitrogen and oxygen atoms in total. The van der Waals surface area contributed by atoms with Gasteiger partial charge in [-0.15, -0.1) is 0 Å². The van der Waals surface area contributed by atoms with Gasteiger partial charge < -0.3 is 10.3 Å². The molecule has 1 heterocycles. The van der Waals surface area contributed by atoms with Gasteiger partial charge in [0.1, 0.15) is 0 Å². The van der Waals surface area contributed by atoms with E-state index in [-0.39, 0.29) is 5.69 Å². The SMILES string of the molecule is C=C/C=C(C)\C(=C/C)CCCn1c(=O)[nH]c2cc(Nc3ccccc3)ccc21. The van der Waals surface area contributed by atoms with Gasteiger partial charge in [0.05, 0.1) is 11.0 Å². The quantitative estimate of drug-likeness (QED) is 0.481. The molecule has 2 aromatic carbocycles. The van der Waals surface area contributed by atoms with Gasteiger partial charge in [-0.25, -0.2) is 4.79 Å². The number of anilines is 2. The number of imidazole rings is 1. The minimum atomic E-state index is -0.0627. The number of para-hydroxylation sites is 1. The summed E-state index contributed by atoms with van der Waals surface area (Å²) in [5.41, 5.74) is 6.21. The standard InChI is InChI=1S/C24H27N3O/c1-4-10-18(3)19(5-2)11-9-16-27-23-15-14-21(17-22(23)26-24(27)28)25-20-12-7-6-8-13-20/h4-8,10,12-15,17,25H,1,9,11,16H2,2-3H3,(H,26,28)/b18-10-,19-5-. The third-order valence-electron chi connectivity index (χ3n) is 4.89. The molecule has 0 amide bonds. The largest absolute Gasteiger partial charge is 0.355 e. The molecule has 144 valence electrons. The van der Waals surface area contributed by atoms with Crippen molar-refractivity contribution in [3.63, 3.8) is 0 Å². The Morgan fingerprint density at radius 1 is 1.18 bits per heavy atom. The van der Waals surface area contributed by atoms with Crippen molar-refractivity contribution in [1.29, 1.82) is 0 Å². The first kappa shape index (κ1) is 19.5. The van der Waals surface area contributed by atoms with Crippen LogP contribution in [0.3, 0.4) is 0 Å². The van der Waals surface area contributed by atoms with Crippen molar-refractivity contribution in [3.8, 4) is 0 Å². The topological polar surface area (TPSA) is 49.8 Å². The van der Waals surface area contributed by atoms with Gasteiger partial charge in [-0.05, 0) is 68.2 Å². The highest BCUT2D eigenvalue weighted by atomic mass is 16.1. The molecule has 3 rings (SSSR count). The first-order valence-corrected chi connectivity index (χ1v) is 9.62. The molecule has 4 heteroatoms. The lowest BCUT2D eigenvalue weighted by Gasteiger charge is -2.09. The molecule has 0 aliphatic heterocycles. The van der Waals surface area contributed by atoms with Crippen LogP contribution in [-0.2, 0) is 6.54 Å². The Morgan fingerprint density at radius 3 is 2.68 bits per heavy atom. The number of aromatic amines is 1. The number of hydrogen-bond acceptors (Lipinski definition) is 2. The van der Waals surface area contributed by atoms with Crippen LogP contribution in [0.2, 0.25) is 0 Å². The molecule has 0 saturated heterocycles. The smallest absolute Gasteiger partial charge is 0.326 e. The normalized spacial score (nSPS) is 12.4. The maximum Gasteiger partial charge on any atom is 0.326 e. The number of aromatic nitrogens is 2. The van der Waals surface area contributed by atoms with E-state index in [4.69, 9.17) is 0 Å². The van der Waals surface area contributed by atoms with E-state index in [9.17, 15) is 4.79 Å². The highest BCUT2D eigenvalue weighted by Gasteiger charge is 2.08. The fourth-order valence-corrected chi connectivity index (χ4v) is 3.43. The Hall–Kier alpha value is -3.27. The van der Waals surface area contributed by atoms with Crippen LogP contribution in [0, 0.1) is 0 Å². The second kappa shape index (κ2) is 9.09. The van der Waals surface area contributed by atoms with Crippen molar-refractivity contribution in [2.75, 3.05) is 5.32 Å². The van der Waals surface area contributed by atoms with E-state index >= 15 is 0 Å². The van der Waals surface area contributed by atoms with Crippen molar-refractivity contribution in [1.82, 2.24) is 9.55 Å². The van der Waals surface area contributed by atoms with E-state index in [0.29, 0.717) is 6.54 Å². The number of nitrogens with zero attached hydrogens (tertiary/aromatic N) is 1. The Bertz CT molecular complexity index is 1070. The molecule has 0 aliphatic rings. The summed E-state index contributed by atoms with van der Waals surface area (Å²) >= 11 is 0. The molecular weight excluding hydrogens is 346 g/mol. The average Bonchev–Trinajstić information content (AvgIpc) is 3.00. The Balaban J connectivity index is 1.74. The Morgan fingerprint density at radius 2 is 1.96 bits per heavy atom. The summed E-state index contributed by atoms with van der Waals surface area (Å²) in [4.78, 5) is 15.4. The predicted molar refractivity (Wildman–Crippen MR) is 119 cm³/mol. The number of rotatable bonds is 8. The third kappa shape index (κ3) is 4.52. The van der Waals surface area contributed by atoms with Crippen molar-refractivity contribution in [2.45, 2.75) is 33.2 Å². The molecule has 0 saturated carbocycles. The minimum Gasteiger partial charge on any atom is -0.355 e. The minimum absolute atomic E-state index is 0.0627. The molecular formula is C24H27N3O. The lowest BCUT2D eigenvalue weighted by molar-refractivity contribution is 0.638. The molecule has 0 unspecified atom stereocenters. The summed E-state index contributed by atoms with van der Waals surface area (Å²) < 4.78 is 1.82. The summed E-state index contributed by atoms with van der Waals surface area (Å²) in [5, 5.41) is 3.36. The number of H-pyrrole nitrogens is 1. The van der Waals surface area contributed by atoms with Crippen LogP contribution < -0.4 is 11.0 Å². The van der Waals surface area contributed by atoms with Gasteiger partial charge in [-0.3, -0.25) is 4.57 Å². The van der Waals surface area contributed by atoms with Gasteiger partial charge >= 0.3 is 5.69 Å². The number of hydrogen-bond donors (Lipinski definition) is 2. The molecule has 0 bridgehead atoms. The van der Waals surface area contributed by atoms with E-state index in [1.54, 1.807) is 0 Å². The fourth-order valence-electron chi connectivity index (χ4n) is 3.43. The van der Waals surface area contributed by atoms with E-state index in [1.807, 2.05) is 65.3 Å². The molecule has 3 aromatic rings. The van der Waals surface area contributed by atoms with Crippen LogP contribution in [-0.4, -0.2) is 9.55 Å². The number of nitrogens with one attached hydrogen (secondary N) is 2. The van der Waals surface area contributed by atoms with Crippen molar-refractivity contribution in [2.24, 2.45) is 0 Å². The zero-order valence-electron chi connectivity index (χ0n) is 16.5. The van der Waals surface area contributed by atoms with E-state index < -0.39 is 0 Å². The molecule has 2 N–H and O–H groups in total. The highest BCUT2D eigenvalue weighted by Crippen LogP contribution is 2.22.